The van der Waals surface area contributed by atoms with Gasteiger partial charge in [0.25, 0.3) is 5.91 Å². The van der Waals surface area contributed by atoms with Crippen LogP contribution >= 0.6 is 11.6 Å². The normalized spacial score (nSPS) is 13.4. The van der Waals surface area contributed by atoms with Crippen LogP contribution in [0, 0.1) is 0 Å². The van der Waals surface area contributed by atoms with E-state index in [1.807, 2.05) is 10.9 Å². The molecule has 0 bridgehead atoms. The summed E-state index contributed by atoms with van der Waals surface area (Å²) in [5.74, 6) is -1.96. The number of ether oxygens (including phenoxy) is 1. The molecule has 0 unspecified atom stereocenters. The van der Waals surface area contributed by atoms with Gasteiger partial charge in [0.1, 0.15) is 5.75 Å². The fourth-order valence-electron chi connectivity index (χ4n) is 2.41. The molecule has 0 spiro atoms. The van der Waals surface area contributed by atoms with Crippen LogP contribution in [0.25, 0.3) is 0 Å². The fraction of sp³-hybridized carbons (Fsp3) is 0.222. The Balaban J connectivity index is 2.12. The Kier molecular flexibility index (Phi) is 6.52. The van der Waals surface area contributed by atoms with Gasteiger partial charge in [0.2, 0.25) is 5.91 Å². The highest BCUT2D eigenvalue weighted by atomic mass is 35.5. The molecule has 0 saturated heterocycles. The molecule has 0 radical (unpaired) electrons. The van der Waals surface area contributed by atoms with Crippen LogP contribution in [0.1, 0.15) is 22.3 Å². The van der Waals surface area contributed by atoms with Crippen LogP contribution in [0.5, 0.6) is 5.75 Å². The minimum absolute atomic E-state index is 0.0376. The van der Waals surface area contributed by atoms with Crippen molar-refractivity contribution in [1.82, 2.24) is 10.9 Å². The molecular weight excluding hydrogens is 401 g/mol. The maximum atomic E-state index is 13.4. The Morgan fingerprint density at radius 1 is 1.11 bits per heavy atom. The van der Waals surface area contributed by atoms with Crippen molar-refractivity contribution >= 4 is 23.4 Å². The van der Waals surface area contributed by atoms with Crippen LogP contribution < -0.4 is 15.6 Å². The van der Waals surface area contributed by atoms with E-state index in [0.29, 0.717) is 0 Å². The number of halogens is 4. The second-order valence-electron chi connectivity index (χ2n) is 5.75. The first-order valence-electron chi connectivity index (χ1n) is 7.86. The zero-order valence-electron chi connectivity index (χ0n) is 14.5. The number of methoxy groups -OCH3 is 1. The summed E-state index contributed by atoms with van der Waals surface area (Å²) in [6.45, 7) is 0. The van der Waals surface area contributed by atoms with Crippen molar-refractivity contribution in [3.05, 3.63) is 64.7 Å². The van der Waals surface area contributed by atoms with Crippen molar-refractivity contribution in [3.8, 4) is 5.75 Å². The third kappa shape index (κ3) is 4.73. The highest BCUT2D eigenvalue weighted by Gasteiger charge is 2.56. The van der Waals surface area contributed by atoms with Crippen LogP contribution in [-0.4, -0.2) is 30.2 Å². The molecule has 0 aliphatic rings. The van der Waals surface area contributed by atoms with Gasteiger partial charge in [-0.1, -0.05) is 41.9 Å². The minimum atomic E-state index is -5.12. The second kappa shape index (κ2) is 8.49. The molecule has 0 heterocycles. The van der Waals surface area contributed by atoms with Crippen LogP contribution in [0.3, 0.4) is 0 Å². The van der Waals surface area contributed by atoms with E-state index in [1.54, 1.807) is 0 Å². The van der Waals surface area contributed by atoms with E-state index in [-0.39, 0.29) is 16.3 Å². The maximum absolute atomic E-state index is 13.4. The summed E-state index contributed by atoms with van der Waals surface area (Å²) >= 11 is 5.80. The molecule has 0 aliphatic carbocycles. The summed E-state index contributed by atoms with van der Waals surface area (Å²) in [5.41, 5.74) is -0.134. The maximum Gasteiger partial charge on any atom is 0.421 e. The number of amides is 2. The molecule has 0 saturated carbocycles. The van der Waals surface area contributed by atoms with E-state index in [0.717, 1.165) is 12.1 Å². The lowest BCUT2D eigenvalue weighted by molar-refractivity contribution is -0.267. The number of alkyl halides is 3. The summed E-state index contributed by atoms with van der Waals surface area (Å²) in [6.07, 6.45) is -6.47. The molecule has 28 heavy (non-hydrogen) atoms. The Labute approximate surface area is 163 Å². The molecule has 0 aromatic heterocycles. The molecule has 3 N–H and O–H groups in total. The first kappa shape index (κ1) is 21.5. The third-order valence-electron chi connectivity index (χ3n) is 3.86. The highest BCUT2D eigenvalue weighted by Crippen LogP contribution is 2.41. The number of carbonyl (C=O) groups excluding carboxylic acids is 2. The Morgan fingerprint density at radius 3 is 2.32 bits per heavy atom. The number of nitrogens with one attached hydrogen (secondary N) is 2. The van der Waals surface area contributed by atoms with Gasteiger partial charge in [-0.2, -0.15) is 13.2 Å². The first-order chi connectivity index (χ1) is 13.1. The van der Waals surface area contributed by atoms with E-state index in [9.17, 15) is 27.9 Å². The van der Waals surface area contributed by atoms with Crippen molar-refractivity contribution in [1.29, 1.82) is 0 Å². The number of benzene rings is 2. The summed E-state index contributed by atoms with van der Waals surface area (Å²) < 4.78 is 45.2. The second-order valence-corrected chi connectivity index (χ2v) is 6.18. The number of aliphatic hydroxyl groups is 1. The third-order valence-corrected chi connectivity index (χ3v) is 4.09. The number of hydrogen-bond acceptors (Lipinski definition) is 4. The quantitative estimate of drug-likeness (QED) is 0.654. The fourth-order valence-corrected chi connectivity index (χ4v) is 2.58. The molecule has 1 atom stereocenters. The molecule has 150 valence electrons. The number of rotatable bonds is 5. The van der Waals surface area contributed by atoms with E-state index < -0.39 is 35.6 Å². The summed E-state index contributed by atoms with van der Waals surface area (Å²) in [5, 5.41) is 10.4. The van der Waals surface area contributed by atoms with Gasteiger partial charge in [0.15, 0.2) is 5.60 Å². The van der Waals surface area contributed by atoms with Crippen molar-refractivity contribution in [3.63, 3.8) is 0 Å². The average Bonchev–Trinajstić information content (AvgIpc) is 2.65. The Bertz CT molecular complexity index is 862. The van der Waals surface area contributed by atoms with Crippen LogP contribution in [0.2, 0.25) is 5.02 Å². The largest absolute Gasteiger partial charge is 0.496 e. The molecular formula is C18H16ClF3N2O4. The van der Waals surface area contributed by atoms with Gasteiger partial charge in [-0.3, -0.25) is 20.4 Å². The standard InChI is InChI=1S/C18H16ClF3N2O4/c1-28-14-8-7-12(19)9-13(14)16(26)24-23-15(25)10-17(27,18(20,21)22)11-5-3-2-4-6-11/h2-9,27H,10H2,1H3,(H,23,25)(H,24,26)/t17-/m0/s1. The molecule has 2 aromatic carbocycles. The summed E-state index contributed by atoms with van der Waals surface area (Å²) in [6, 6.07) is 10.3. The molecule has 0 aliphatic heterocycles. The van der Waals surface area contributed by atoms with Crippen molar-refractivity contribution in [2.45, 2.75) is 18.2 Å². The average molecular weight is 417 g/mol. The van der Waals surface area contributed by atoms with Crippen molar-refractivity contribution in [2.24, 2.45) is 0 Å². The zero-order chi connectivity index (χ0) is 20.9. The monoisotopic (exact) mass is 416 g/mol. The summed E-state index contributed by atoms with van der Waals surface area (Å²) in [7, 11) is 1.31. The van der Waals surface area contributed by atoms with Crippen molar-refractivity contribution in [2.75, 3.05) is 7.11 Å². The topological polar surface area (TPSA) is 87.7 Å². The predicted molar refractivity (Wildman–Crippen MR) is 94.6 cm³/mol. The SMILES string of the molecule is COc1ccc(Cl)cc1C(=O)NNC(=O)C[C@](O)(c1ccccc1)C(F)(F)F. The van der Waals surface area contributed by atoms with E-state index in [4.69, 9.17) is 16.3 Å². The van der Waals surface area contributed by atoms with Gasteiger partial charge in [-0.15, -0.1) is 0 Å². The first-order valence-corrected chi connectivity index (χ1v) is 8.23. The minimum Gasteiger partial charge on any atom is -0.496 e. The Morgan fingerprint density at radius 2 is 1.75 bits per heavy atom. The molecule has 2 rings (SSSR count). The smallest absolute Gasteiger partial charge is 0.421 e. The summed E-state index contributed by atoms with van der Waals surface area (Å²) in [4.78, 5) is 24.2. The molecule has 6 nitrogen and oxygen atoms in total. The van der Waals surface area contributed by atoms with Gasteiger partial charge >= 0.3 is 6.18 Å². The number of hydrogen-bond donors (Lipinski definition) is 3. The Hall–Kier alpha value is -2.78. The molecule has 0 fully saturated rings. The van der Waals surface area contributed by atoms with Gasteiger partial charge < -0.3 is 9.84 Å². The lowest BCUT2D eigenvalue weighted by Crippen LogP contribution is -2.49. The van der Waals surface area contributed by atoms with Crippen LogP contribution in [0.4, 0.5) is 13.2 Å². The lowest BCUT2D eigenvalue weighted by Gasteiger charge is -2.30. The van der Waals surface area contributed by atoms with Crippen LogP contribution in [0.15, 0.2) is 48.5 Å². The van der Waals surface area contributed by atoms with E-state index >= 15 is 0 Å². The molecule has 2 amide bonds. The molecule has 2 aromatic rings. The van der Waals surface area contributed by atoms with Gasteiger partial charge in [-0.05, 0) is 23.8 Å². The van der Waals surface area contributed by atoms with Crippen molar-refractivity contribution < 1.29 is 32.6 Å². The molecule has 10 heteroatoms. The number of carbonyl (C=O) groups is 2. The van der Waals surface area contributed by atoms with Gasteiger partial charge in [0.05, 0.1) is 19.1 Å². The lowest BCUT2D eigenvalue weighted by atomic mass is 9.89. The van der Waals surface area contributed by atoms with Crippen LogP contribution in [-0.2, 0) is 10.4 Å². The number of hydrazine groups is 1. The van der Waals surface area contributed by atoms with Gasteiger partial charge in [0, 0.05) is 5.02 Å². The van der Waals surface area contributed by atoms with E-state index in [2.05, 4.69) is 0 Å². The zero-order valence-corrected chi connectivity index (χ0v) is 15.3. The van der Waals surface area contributed by atoms with Gasteiger partial charge in [-0.25, -0.2) is 0 Å². The highest BCUT2D eigenvalue weighted by molar-refractivity contribution is 6.31. The van der Waals surface area contributed by atoms with E-state index in [1.165, 1.54) is 43.5 Å². The predicted octanol–water partition coefficient (Wildman–Crippen LogP) is 2.95.